The zero-order valence-corrected chi connectivity index (χ0v) is 9.53. The van der Waals surface area contributed by atoms with Crippen molar-refractivity contribution in [1.29, 1.82) is 0 Å². The first-order valence-corrected chi connectivity index (χ1v) is 5.70. The molecule has 0 radical (unpaired) electrons. The summed E-state index contributed by atoms with van der Waals surface area (Å²) in [4.78, 5) is 12.2. The second kappa shape index (κ2) is 5.12. The van der Waals surface area contributed by atoms with Crippen LogP contribution in [0.3, 0.4) is 0 Å². The van der Waals surface area contributed by atoms with Crippen molar-refractivity contribution in [3.63, 3.8) is 0 Å². The Morgan fingerprint density at radius 3 is 3.06 bits per heavy atom. The predicted molar refractivity (Wildman–Crippen MR) is 62.9 cm³/mol. The largest absolute Gasteiger partial charge is 0.497 e. The van der Waals surface area contributed by atoms with Gasteiger partial charge in [0.25, 0.3) is 0 Å². The molecule has 0 bridgehead atoms. The molecule has 1 N–H and O–H groups in total. The molecule has 16 heavy (non-hydrogen) atoms. The summed E-state index contributed by atoms with van der Waals surface area (Å²) in [7, 11) is 1.62. The summed E-state index contributed by atoms with van der Waals surface area (Å²) in [5.41, 5.74) is 0.757. The monoisotopic (exact) mass is 219 g/mol. The average molecular weight is 219 g/mol. The number of piperidine rings is 1. The molecule has 86 valence electrons. The number of rotatable bonds is 3. The number of Topliss-reactive ketones (excluding diaryl/α,β-unsaturated/α-hetero) is 1. The molecule has 1 heterocycles. The predicted octanol–water partition coefficient (Wildman–Crippen LogP) is 1.88. The summed E-state index contributed by atoms with van der Waals surface area (Å²) in [6.07, 6.45) is 2.07. The van der Waals surface area contributed by atoms with E-state index in [1.54, 1.807) is 7.11 Å². The molecule has 1 fully saturated rings. The number of hydrogen-bond donors (Lipinski definition) is 1. The van der Waals surface area contributed by atoms with Gasteiger partial charge >= 0.3 is 0 Å². The molecule has 0 unspecified atom stereocenters. The second-order valence-corrected chi connectivity index (χ2v) is 4.14. The summed E-state index contributed by atoms with van der Waals surface area (Å²) in [6.45, 7) is 1.83. The number of benzene rings is 1. The number of hydrogen-bond acceptors (Lipinski definition) is 3. The highest BCUT2D eigenvalue weighted by Crippen LogP contribution is 2.19. The number of nitrogens with one attached hydrogen (secondary N) is 1. The lowest BCUT2D eigenvalue weighted by Crippen LogP contribution is -2.34. The van der Waals surface area contributed by atoms with Crippen LogP contribution >= 0.6 is 0 Å². The molecule has 1 saturated heterocycles. The Hall–Kier alpha value is -1.35. The lowest BCUT2D eigenvalue weighted by Gasteiger charge is -2.21. The molecular formula is C13H17NO2. The number of carbonyl (C=O) groups is 1. The van der Waals surface area contributed by atoms with E-state index in [0.717, 1.165) is 37.2 Å². The fourth-order valence-corrected chi connectivity index (χ4v) is 2.09. The Morgan fingerprint density at radius 2 is 2.38 bits per heavy atom. The van der Waals surface area contributed by atoms with Crippen LogP contribution in [0.15, 0.2) is 24.3 Å². The van der Waals surface area contributed by atoms with E-state index in [1.165, 1.54) is 0 Å². The van der Waals surface area contributed by atoms with Crippen molar-refractivity contribution >= 4 is 5.78 Å². The van der Waals surface area contributed by atoms with Gasteiger partial charge in [-0.3, -0.25) is 4.79 Å². The van der Waals surface area contributed by atoms with E-state index in [4.69, 9.17) is 4.74 Å². The van der Waals surface area contributed by atoms with Gasteiger partial charge in [-0.2, -0.15) is 0 Å². The third-order valence-corrected chi connectivity index (χ3v) is 3.02. The highest BCUT2D eigenvalue weighted by atomic mass is 16.5. The third kappa shape index (κ3) is 2.42. The molecule has 1 aromatic carbocycles. The lowest BCUT2D eigenvalue weighted by atomic mass is 9.91. The van der Waals surface area contributed by atoms with E-state index < -0.39 is 0 Å². The van der Waals surface area contributed by atoms with Gasteiger partial charge in [0.15, 0.2) is 5.78 Å². The van der Waals surface area contributed by atoms with E-state index in [2.05, 4.69) is 5.32 Å². The molecule has 1 aliphatic heterocycles. The fourth-order valence-electron chi connectivity index (χ4n) is 2.09. The molecule has 3 heteroatoms. The Kier molecular flexibility index (Phi) is 3.57. The number of carbonyl (C=O) groups excluding carboxylic acids is 1. The van der Waals surface area contributed by atoms with E-state index >= 15 is 0 Å². The van der Waals surface area contributed by atoms with Gasteiger partial charge in [0, 0.05) is 18.0 Å². The highest BCUT2D eigenvalue weighted by molar-refractivity contribution is 5.98. The molecule has 0 spiro atoms. The Morgan fingerprint density at radius 1 is 1.50 bits per heavy atom. The van der Waals surface area contributed by atoms with E-state index in [9.17, 15) is 4.79 Å². The molecule has 3 nitrogen and oxygen atoms in total. The smallest absolute Gasteiger partial charge is 0.167 e. The fraction of sp³-hybridized carbons (Fsp3) is 0.462. The molecule has 0 aromatic heterocycles. The topological polar surface area (TPSA) is 38.3 Å². The van der Waals surface area contributed by atoms with Crippen LogP contribution in [0.4, 0.5) is 0 Å². The first-order valence-electron chi connectivity index (χ1n) is 5.70. The van der Waals surface area contributed by atoms with Crippen molar-refractivity contribution in [3.05, 3.63) is 29.8 Å². The van der Waals surface area contributed by atoms with Crippen molar-refractivity contribution in [1.82, 2.24) is 5.32 Å². The minimum atomic E-state index is 0.126. The van der Waals surface area contributed by atoms with E-state index in [-0.39, 0.29) is 11.7 Å². The summed E-state index contributed by atoms with van der Waals surface area (Å²) in [5.74, 6) is 1.10. The van der Waals surface area contributed by atoms with Crippen LogP contribution in [-0.2, 0) is 0 Å². The van der Waals surface area contributed by atoms with Crippen LogP contribution in [0, 0.1) is 5.92 Å². The van der Waals surface area contributed by atoms with Gasteiger partial charge in [-0.15, -0.1) is 0 Å². The van der Waals surface area contributed by atoms with Crippen molar-refractivity contribution < 1.29 is 9.53 Å². The molecule has 1 aromatic rings. The van der Waals surface area contributed by atoms with Gasteiger partial charge in [-0.05, 0) is 31.5 Å². The van der Waals surface area contributed by atoms with Gasteiger partial charge in [0.2, 0.25) is 0 Å². The third-order valence-electron chi connectivity index (χ3n) is 3.02. The second-order valence-electron chi connectivity index (χ2n) is 4.14. The average Bonchev–Trinajstić information content (AvgIpc) is 2.39. The maximum atomic E-state index is 12.2. The van der Waals surface area contributed by atoms with Crippen LogP contribution in [0.1, 0.15) is 23.2 Å². The Bertz CT molecular complexity index is 370. The zero-order valence-electron chi connectivity index (χ0n) is 9.53. The Balaban J connectivity index is 2.12. The van der Waals surface area contributed by atoms with Crippen LogP contribution in [0.2, 0.25) is 0 Å². The summed E-state index contributed by atoms with van der Waals surface area (Å²) < 4.78 is 5.12. The zero-order chi connectivity index (χ0) is 11.4. The maximum absolute atomic E-state index is 12.2. The van der Waals surface area contributed by atoms with E-state index in [1.807, 2.05) is 24.3 Å². The van der Waals surface area contributed by atoms with Crippen LogP contribution in [-0.4, -0.2) is 26.0 Å². The maximum Gasteiger partial charge on any atom is 0.167 e. The summed E-state index contributed by atoms with van der Waals surface area (Å²) >= 11 is 0. The SMILES string of the molecule is COc1cccc(C(=O)[C@H]2CCCNC2)c1. The van der Waals surface area contributed by atoms with Crippen molar-refractivity contribution in [2.75, 3.05) is 20.2 Å². The van der Waals surface area contributed by atoms with Crippen LogP contribution in [0.25, 0.3) is 0 Å². The quantitative estimate of drug-likeness (QED) is 0.789. The van der Waals surface area contributed by atoms with Gasteiger partial charge < -0.3 is 10.1 Å². The van der Waals surface area contributed by atoms with Gasteiger partial charge in [-0.25, -0.2) is 0 Å². The molecular weight excluding hydrogens is 202 g/mol. The van der Waals surface area contributed by atoms with E-state index in [0.29, 0.717) is 0 Å². The normalized spacial score (nSPS) is 20.4. The van der Waals surface area contributed by atoms with Crippen molar-refractivity contribution in [3.8, 4) is 5.75 Å². The molecule has 0 amide bonds. The number of ketones is 1. The van der Waals surface area contributed by atoms with Gasteiger partial charge in [0.1, 0.15) is 5.75 Å². The van der Waals surface area contributed by atoms with Crippen LogP contribution < -0.4 is 10.1 Å². The molecule has 2 rings (SSSR count). The number of methoxy groups -OCH3 is 1. The molecule has 0 aliphatic carbocycles. The number of ether oxygens (including phenoxy) is 1. The van der Waals surface area contributed by atoms with Gasteiger partial charge in [-0.1, -0.05) is 12.1 Å². The van der Waals surface area contributed by atoms with Crippen molar-refractivity contribution in [2.24, 2.45) is 5.92 Å². The Labute approximate surface area is 95.8 Å². The highest BCUT2D eigenvalue weighted by Gasteiger charge is 2.22. The first-order chi connectivity index (χ1) is 7.81. The molecule has 1 aliphatic rings. The van der Waals surface area contributed by atoms with Crippen molar-refractivity contribution in [2.45, 2.75) is 12.8 Å². The first kappa shape index (κ1) is 11.1. The summed E-state index contributed by atoms with van der Waals surface area (Å²) in [5, 5.41) is 3.26. The summed E-state index contributed by atoms with van der Waals surface area (Å²) in [6, 6.07) is 7.40. The van der Waals surface area contributed by atoms with Crippen LogP contribution in [0.5, 0.6) is 5.75 Å². The lowest BCUT2D eigenvalue weighted by molar-refractivity contribution is 0.0899. The molecule has 1 atom stereocenters. The molecule has 0 saturated carbocycles. The minimum Gasteiger partial charge on any atom is -0.497 e. The standard InChI is InChI=1S/C13H17NO2/c1-16-12-6-2-4-10(8-12)13(15)11-5-3-7-14-9-11/h2,4,6,8,11,14H,3,5,7,9H2,1H3/t11-/m0/s1. The minimum absolute atomic E-state index is 0.126. The van der Waals surface area contributed by atoms with Gasteiger partial charge in [0.05, 0.1) is 7.11 Å².